The summed E-state index contributed by atoms with van der Waals surface area (Å²) in [6, 6.07) is 3.77. The number of nitrogens with one attached hydrogen (secondary N) is 1. The van der Waals surface area contributed by atoms with E-state index in [1.807, 2.05) is 0 Å². The van der Waals surface area contributed by atoms with Gasteiger partial charge in [0, 0.05) is 23.7 Å². The summed E-state index contributed by atoms with van der Waals surface area (Å²) in [5.74, 6) is -1.28. The smallest absolute Gasteiger partial charge is 0.215 e. The normalized spacial score (nSPS) is 13.6. The van der Waals surface area contributed by atoms with Crippen LogP contribution < -0.4 is 4.72 Å². The Labute approximate surface area is 111 Å². The van der Waals surface area contributed by atoms with Gasteiger partial charge in [-0.25, -0.2) is 17.5 Å². The molecule has 1 rings (SSSR count). The lowest BCUT2D eigenvalue weighted by Crippen LogP contribution is -2.30. The summed E-state index contributed by atoms with van der Waals surface area (Å²) in [5, 5.41) is 9.07. The Hall–Kier alpha value is -0.690. The summed E-state index contributed by atoms with van der Waals surface area (Å²) in [4.78, 5) is 0. The molecule has 0 saturated carbocycles. The second-order valence-electron chi connectivity index (χ2n) is 4.13. The molecule has 1 atom stereocenters. The maximum atomic E-state index is 13.4. The third-order valence-electron chi connectivity index (χ3n) is 2.32. The van der Waals surface area contributed by atoms with Crippen LogP contribution >= 0.6 is 11.6 Å². The van der Waals surface area contributed by atoms with E-state index in [0.717, 1.165) is 6.07 Å². The SMILES string of the molecule is CC(CO)CNS(=O)(=O)Cc1cc(Cl)ccc1F. The molecule has 102 valence electrons. The first-order valence-electron chi connectivity index (χ1n) is 5.36. The fraction of sp³-hybridized carbons (Fsp3) is 0.455. The van der Waals surface area contributed by atoms with E-state index in [9.17, 15) is 12.8 Å². The summed E-state index contributed by atoms with van der Waals surface area (Å²) in [7, 11) is -3.64. The molecular formula is C11H15ClFNO3S. The Morgan fingerprint density at radius 3 is 2.78 bits per heavy atom. The summed E-state index contributed by atoms with van der Waals surface area (Å²) in [6.45, 7) is 1.69. The maximum Gasteiger partial charge on any atom is 0.215 e. The van der Waals surface area contributed by atoms with Crippen molar-refractivity contribution >= 4 is 21.6 Å². The number of hydrogen-bond acceptors (Lipinski definition) is 3. The first-order valence-corrected chi connectivity index (χ1v) is 7.39. The average molecular weight is 296 g/mol. The molecule has 2 N–H and O–H groups in total. The molecule has 0 aliphatic heterocycles. The fourth-order valence-electron chi connectivity index (χ4n) is 1.24. The lowest BCUT2D eigenvalue weighted by atomic mass is 10.2. The Kier molecular flexibility index (Phi) is 5.52. The summed E-state index contributed by atoms with van der Waals surface area (Å²) in [6.07, 6.45) is 0. The standard InChI is InChI=1S/C11H15ClFNO3S/c1-8(6-15)5-14-18(16,17)7-9-4-10(12)2-3-11(9)13/h2-4,8,14-15H,5-7H2,1H3. The van der Waals surface area contributed by atoms with E-state index in [0.29, 0.717) is 0 Å². The van der Waals surface area contributed by atoms with Crippen LogP contribution in [0.2, 0.25) is 5.02 Å². The molecule has 4 nitrogen and oxygen atoms in total. The van der Waals surface area contributed by atoms with Gasteiger partial charge < -0.3 is 5.11 Å². The minimum Gasteiger partial charge on any atom is -0.396 e. The zero-order valence-electron chi connectivity index (χ0n) is 9.86. The van der Waals surface area contributed by atoms with Crippen LogP contribution in [-0.4, -0.2) is 26.7 Å². The second kappa shape index (κ2) is 6.47. The van der Waals surface area contributed by atoms with E-state index in [-0.39, 0.29) is 29.7 Å². The second-order valence-corrected chi connectivity index (χ2v) is 6.37. The van der Waals surface area contributed by atoms with E-state index in [1.165, 1.54) is 12.1 Å². The summed E-state index contributed by atoms with van der Waals surface area (Å²) < 4.78 is 39.0. The number of sulfonamides is 1. The van der Waals surface area contributed by atoms with Crippen LogP contribution in [0.25, 0.3) is 0 Å². The predicted molar refractivity (Wildman–Crippen MR) is 68.3 cm³/mol. The third-order valence-corrected chi connectivity index (χ3v) is 3.85. The summed E-state index contributed by atoms with van der Waals surface area (Å²) in [5.41, 5.74) is 0.0200. The molecule has 0 amide bonds. The van der Waals surface area contributed by atoms with Gasteiger partial charge in [0.05, 0.1) is 5.75 Å². The van der Waals surface area contributed by atoms with Crippen molar-refractivity contribution in [3.63, 3.8) is 0 Å². The Bertz CT molecular complexity index is 507. The van der Waals surface area contributed by atoms with Crippen LogP contribution in [0.4, 0.5) is 4.39 Å². The van der Waals surface area contributed by atoms with Gasteiger partial charge in [0.2, 0.25) is 10.0 Å². The van der Waals surface area contributed by atoms with Gasteiger partial charge in [-0.3, -0.25) is 0 Å². The fourth-order valence-corrected chi connectivity index (χ4v) is 2.71. The molecule has 0 aliphatic rings. The van der Waals surface area contributed by atoms with Gasteiger partial charge >= 0.3 is 0 Å². The van der Waals surface area contributed by atoms with Gasteiger partial charge in [-0.15, -0.1) is 0 Å². The van der Waals surface area contributed by atoms with Gasteiger partial charge in [-0.2, -0.15) is 0 Å². The first kappa shape index (κ1) is 15.4. The Balaban J connectivity index is 2.73. The molecule has 0 saturated heterocycles. The van der Waals surface area contributed by atoms with Crippen molar-refractivity contribution in [2.45, 2.75) is 12.7 Å². The Morgan fingerprint density at radius 2 is 2.17 bits per heavy atom. The highest BCUT2D eigenvalue weighted by molar-refractivity contribution is 7.88. The van der Waals surface area contributed by atoms with Crippen LogP contribution in [0, 0.1) is 11.7 Å². The van der Waals surface area contributed by atoms with Crippen LogP contribution in [0.15, 0.2) is 18.2 Å². The quantitative estimate of drug-likeness (QED) is 0.836. The predicted octanol–water partition coefficient (Wildman–Crippen LogP) is 1.53. The molecule has 1 unspecified atom stereocenters. The lowest BCUT2D eigenvalue weighted by molar-refractivity contribution is 0.238. The number of rotatable bonds is 6. The molecule has 0 fully saturated rings. The molecule has 0 radical (unpaired) electrons. The van der Waals surface area contributed by atoms with E-state index in [1.54, 1.807) is 6.92 Å². The molecule has 0 bridgehead atoms. The minimum absolute atomic E-state index is 0.0200. The minimum atomic E-state index is -3.64. The summed E-state index contributed by atoms with van der Waals surface area (Å²) >= 11 is 5.68. The molecule has 1 aromatic carbocycles. The van der Waals surface area contributed by atoms with E-state index < -0.39 is 21.6 Å². The van der Waals surface area contributed by atoms with Crippen LogP contribution in [0.3, 0.4) is 0 Å². The van der Waals surface area contributed by atoms with Crippen LogP contribution in [-0.2, 0) is 15.8 Å². The van der Waals surface area contributed by atoms with Crippen molar-refractivity contribution < 1.29 is 17.9 Å². The molecule has 7 heteroatoms. The number of aliphatic hydroxyl groups excluding tert-OH is 1. The lowest BCUT2D eigenvalue weighted by Gasteiger charge is -2.11. The van der Waals surface area contributed by atoms with Crippen LogP contribution in [0.5, 0.6) is 0 Å². The zero-order chi connectivity index (χ0) is 13.8. The zero-order valence-corrected chi connectivity index (χ0v) is 11.4. The van der Waals surface area contributed by atoms with Gasteiger partial charge in [-0.05, 0) is 24.1 Å². The van der Waals surface area contributed by atoms with Crippen molar-refractivity contribution in [3.8, 4) is 0 Å². The Morgan fingerprint density at radius 1 is 1.50 bits per heavy atom. The van der Waals surface area contributed by atoms with Crippen molar-refractivity contribution in [2.24, 2.45) is 5.92 Å². The van der Waals surface area contributed by atoms with E-state index >= 15 is 0 Å². The molecule has 0 heterocycles. The number of hydrogen-bond donors (Lipinski definition) is 2. The molecular weight excluding hydrogens is 281 g/mol. The van der Waals surface area contributed by atoms with Crippen molar-refractivity contribution in [1.29, 1.82) is 0 Å². The number of aliphatic hydroxyl groups is 1. The first-order chi connectivity index (χ1) is 8.34. The highest BCUT2D eigenvalue weighted by Gasteiger charge is 2.15. The highest BCUT2D eigenvalue weighted by atomic mass is 35.5. The molecule has 0 aromatic heterocycles. The topological polar surface area (TPSA) is 66.4 Å². The molecule has 18 heavy (non-hydrogen) atoms. The van der Waals surface area contributed by atoms with Gasteiger partial charge in [0.25, 0.3) is 0 Å². The third kappa shape index (κ3) is 4.89. The van der Waals surface area contributed by atoms with Crippen LogP contribution in [0.1, 0.15) is 12.5 Å². The molecule has 1 aromatic rings. The largest absolute Gasteiger partial charge is 0.396 e. The molecule has 0 spiro atoms. The van der Waals surface area contributed by atoms with Crippen molar-refractivity contribution in [2.75, 3.05) is 13.2 Å². The average Bonchev–Trinajstić information content (AvgIpc) is 2.30. The van der Waals surface area contributed by atoms with Crippen molar-refractivity contribution in [1.82, 2.24) is 4.72 Å². The number of halogens is 2. The van der Waals surface area contributed by atoms with Gasteiger partial charge in [0.1, 0.15) is 5.82 Å². The highest BCUT2D eigenvalue weighted by Crippen LogP contribution is 2.16. The van der Waals surface area contributed by atoms with Crippen molar-refractivity contribution in [3.05, 3.63) is 34.6 Å². The van der Waals surface area contributed by atoms with E-state index in [2.05, 4.69) is 4.72 Å². The maximum absolute atomic E-state index is 13.4. The number of benzene rings is 1. The van der Waals surface area contributed by atoms with Gasteiger partial charge in [0.15, 0.2) is 0 Å². The molecule has 0 aliphatic carbocycles. The monoisotopic (exact) mass is 295 g/mol. The van der Waals surface area contributed by atoms with Gasteiger partial charge in [-0.1, -0.05) is 18.5 Å². The van der Waals surface area contributed by atoms with E-state index in [4.69, 9.17) is 16.7 Å².